The molecule has 0 aromatic rings. The highest BCUT2D eigenvalue weighted by atomic mass is 32.2. The SMILES string of the molecule is CS(=O)CC(O)CS(C)(=O)=O. The summed E-state index contributed by atoms with van der Waals surface area (Å²) in [5.74, 6) is -0.292. The summed E-state index contributed by atoms with van der Waals surface area (Å²) in [5.41, 5.74) is 0. The third kappa shape index (κ3) is 7.96. The summed E-state index contributed by atoms with van der Waals surface area (Å²) in [4.78, 5) is 0. The van der Waals surface area contributed by atoms with Gasteiger partial charge in [-0.25, -0.2) is 8.42 Å². The van der Waals surface area contributed by atoms with Crippen LogP contribution in [0, 0.1) is 0 Å². The smallest absolute Gasteiger partial charge is 0.150 e. The van der Waals surface area contributed by atoms with Crippen LogP contribution in [0.4, 0.5) is 0 Å². The van der Waals surface area contributed by atoms with Gasteiger partial charge in [0.2, 0.25) is 0 Å². The second-order valence-corrected chi connectivity index (χ2v) is 6.15. The Labute approximate surface area is 69.0 Å². The fourth-order valence-corrected chi connectivity index (χ4v) is 2.29. The highest BCUT2D eigenvalue weighted by Crippen LogP contribution is 1.92. The molecule has 0 fully saturated rings. The summed E-state index contributed by atoms with van der Waals surface area (Å²) in [6.45, 7) is 0. The number of rotatable bonds is 4. The molecule has 68 valence electrons. The highest BCUT2D eigenvalue weighted by Gasteiger charge is 2.12. The molecular weight excluding hydrogens is 188 g/mol. The van der Waals surface area contributed by atoms with Crippen molar-refractivity contribution in [1.29, 1.82) is 0 Å². The minimum Gasteiger partial charge on any atom is -0.391 e. The van der Waals surface area contributed by atoms with E-state index in [9.17, 15) is 12.6 Å². The monoisotopic (exact) mass is 200 g/mol. The molecule has 0 spiro atoms. The van der Waals surface area contributed by atoms with Crippen molar-refractivity contribution in [3.8, 4) is 0 Å². The van der Waals surface area contributed by atoms with Crippen LogP contribution in [0.3, 0.4) is 0 Å². The first-order valence-electron chi connectivity index (χ1n) is 2.97. The summed E-state index contributed by atoms with van der Waals surface area (Å²) >= 11 is 0. The Morgan fingerprint density at radius 3 is 2.27 bits per heavy atom. The van der Waals surface area contributed by atoms with Crippen LogP contribution in [0.2, 0.25) is 0 Å². The van der Waals surface area contributed by atoms with Crippen molar-refractivity contribution in [1.82, 2.24) is 0 Å². The number of aliphatic hydroxyl groups is 1. The average Bonchev–Trinajstić information content (AvgIpc) is 1.53. The zero-order valence-electron chi connectivity index (χ0n) is 6.48. The van der Waals surface area contributed by atoms with E-state index in [1.54, 1.807) is 0 Å². The van der Waals surface area contributed by atoms with Crippen molar-refractivity contribution < 1.29 is 17.7 Å². The molecule has 2 unspecified atom stereocenters. The molecule has 0 aliphatic heterocycles. The van der Waals surface area contributed by atoms with E-state index >= 15 is 0 Å². The molecular formula is C5H12O4S2. The van der Waals surface area contributed by atoms with Crippen molar-refractivity contribution in [3.05, 3.63) is 0 Å². The third-order valence-electron chi connectivity index (χ3n) is 0.922. The number of sulfone groups is 1. The van der Waals surface area contributed by atoms with Gasteiger partial charge in [-0.15, -0.1) is 0 Å². The molecule has 4 nitrogen and oxygen atoms in total. The van der Waals surface area contributed by atoms with E-state index in [-0.39, 0.29) is 11.5 Å². The molecule has 2 atom stereocenters. The molecule has 1 N–H and O–H groups in total. The minimum atomic E-state index is -3.15. The fraction of sp³-hybridized carbons (Fsp3) is 1.00. The maximum atomic E-state index is 10.6. The summed E-state index contributed by atoms with van der Waals surface area (Å²) in [6.07, 6.45) is 1.45. The predicted molar refractivity (Wildman–Crippen MR) is 44.7 cm³/mol. The minimum absolute atomic E-state index is 0.0209. The lowest BCUT2D eigenvalue weighted by Gasteiger charge is -2.05. The van der Waals surface area contributed by atoms with Gasteiger partial charge in [-0.2, -0.15) is 0 Å². The number of aliphatic hydroxyl groups excluding tert-OH is 1. The largest absolute Gasteiger partial charge is 0.391 e. The molecule has 0 aromatic heterocycles. The van der Waals surface area contributed by atoms with Gasteiger partial charge in [0, 0.05) is 23.3 Å². The predicted octanol–water partition coefficient (Wildman–Crippen LogP) is -1.23. The molecule has 0 bridgehead atoms. The molecule has 0 aliphatic carbocycles. The van der Waals surface area contributed by atoms with E-state index in [2.05, 4.69) is 0 Å². The summed E-state index contributed by atoms with van der Waals surface area (Å²) < 4.78 is 31.6. The van der Waals surface area contributed by atoms with Crippen LogP contribution in [0.5, 0.6) is 0 Å². The molecule has 0 saturated carbocycles. The normalized spacial score (nSPS) is 17.7. The zero-order valence-corrected chi connectivity index (χ0v) is 8.11. The topological polar surface area (TPSA) is 71.4 Å². The van der Waals surface area contributed by atoms with Gasteiger partial charge in [0.25, 0.3) is 0 Å². The maximum Gasteiger partial charge on any atom is 0.150 e. The molecule has 11 heavy (non-hydrogen) atoms. The Morgan fingerprint density at radius 2 is 2.00 bits per heavy atom. The molecule has 0 rings (SSSR count). The quantitative estimate of drug-likeness (QED) is 0.617. The highest BCUT2D eigenvalue weighted by molar-refractivity contribution is 7.90. The standard InChI is InChI=1S/C5H12O4S2/c1-10(7)3-5(6)4-11(2,8)9/h5-6H,3-4H2,1-2H3. The van der Waals surface area contributed by atoms with Gasteiger partial charge in [0.1, 0.15) is 9.84 Å². The van der Waals surface area contributed by atoms with Gasteiger partial charge < -0.3 is 5.11 Å². The molecule has 0 aromatic carbocycles. The summed E-state index contributed by atoms with van der Waals surface area (Å²) in [5, 5.41) is 8.98. The lowest BCUT2D eigenvalue weighted by molar-refractivity contribution is 0.222. The van der Waals surface area contributed by atoms with Crippen LogP contribution in [-0.4, -0.2) is 47.9 Å². The van der Waals surface area contributed by atoms with E-state index in [1.165, 1.54) is 6.26 Å². The second-order valence-electron chi connectivity index (χ2n) is 2.49. The number of hydrogen-bond donors (Lipinski definition) is 1. The van der Waals surface area contributed by atoms with E-state index in [0.29, 0.717) is 0 Å². The van der Waals surface area contributed by atoms with Gasteiger partial charge in [-0.1, -0.05) is 0 Å². The lowest BCUT2D eigenvalue weighted by Crippen LogP contribution is -2.25. The zero-order chi connectivity index (χ0) is 9.07. The van der Waals surface area contributed by atoms with Crippen molar-refractivity contribution in [3.63, 3.8) is 0 Å². The van der Waals surface area contributed by atoms with E-state index in [4.69, 9.17) is 5.11 Å². The van der Waals surface area contributed by atoms with Gasteiger partial charge in [0.05, 0.1) is 17.6 Å². The van der Waals surface area contributed by atoms with Crippen molar-refractivity contribution in [2.75, 3.05) is 24.0 Å². The van der Waals surface area contributed by atoms with Crippen molar-refractivity contribution in [2.45, 2.75) is 6.10 Å². The van der Waals surface area contributed by atoms with Gasteiger partial charge in [0.15, 0.2) is 0 Å². The first-order valence-corrected chi connectivity index (χ1v) is 6.76. The first kappa shape index (κ1) is 11.1. The fourth-order valence-electron chi connectivity index (χ4n) is 0.669. The number of hydrogen-bond acceptors (Lipinski definition) is 4. The van der Waals surface area contributed by atoms with Crippen LogP contribution in [-0.2, 0) is 20.6 Å². The van der Waals surface area contributed by atoms with Gasteiger partial charge in [-0.05, 0) is 0 Å². The third-order valence-corrected chi connectivity index (χ3v) is 2.77. The Hall–Kier alpha value is 0.0600. The summed E-state index contributed by atoms with van der Waals surface area (Å²) in [6, 6.07) is 0. The van der Waals surface area contributed by atoms with Crippen molar-refractivity contribution >= 4 is 20.6 Å². The van der Waals surface area contributed by atoms with Crippen LogP contribution in [0.1, 0.15) is 0 Å². The first-order chi connectivity index (χ1) is 4.81. The van der Waals surface area contributed by atoms with Crippen molar-refractivity contribution in [2.24, 2.45) is 0 Å². The molecule has 6 heteroatoms. The Balaban J connectivity index is 3.89. The molecule has 0 heterocycles. The molecule has 0 radical (unpaired) electrons. The van der Waals surface area contributed by atoms with E-state index < -0.39 is 26.7 Å². The van der Waals surface area contributed by atoms with E-state index in [1.807, 2.05) is 0 Å². The Kier molecular flexibility index (Phi) is 4.20. The summed E-state index contributed by atoms with van der Waals surface area (Å²) in [7, 11) is -4.30. The molecule has 0 saturated heterocycles. The van der Waals surface area contributed by atoms with Crippen LogP contribution in [0.25, 0.3) is 0 Å². The van der Waals surface area contributed by atoms with Gasteiger partial charge >= 0.3 is 0 Å². The average molecular weight is 200 g/mol. The van der Waals surface area contributed by atoms with E-state index in [0.717, 1.165) is 6.26 Å². The molecule has 0 aliphatic rings. The van der Waals surface area contributed by atoms with Crippen LogP contribution in [0.15, 0.2) is 0 Å². The maximum absolute atomic E-state index is 10.6. The Bertz CT molecular complexity index is 231. The van der Waals surface area contributed by atoms with Gasteiger partial charge in [-0.3, -0.25) is 4.21 Å². The lowest BCUT2D eigenvalue weighted by atomic mass is 10.5. The van der Waals surface area contributed by atoms with Crippen LogP contribution < -0.4 is 0 Å². The molecule has 0 amide bonds. The second kappa shape index (κ2) is 4.18. The van der Waals surface area contributed by atoms with Crippen LogP contribution >= 0.6 is 0 Å². The Morgan fingerprint density at radius 1 is 1.55 bits per heavy atom.